The summed E-state index contributed by atoms with van der Waals surface area (Å²) in [5.74, 6) is 1.56. The average molecular weight is 323 g/mol. The van der Waals surface area contributed by atoms with E-state index in [9.17, 15) is 9.50 Å². The van der Waals surface area contributed by atoms with Gasteiger partial charge >= 0.3 is 0 Å². The van der Waals surface area contributed by atoms with Crippen LogP contribution in [0.15, 0.2) is 6.07 Å². The van der Waals surface area contributed by atoms with Crippen molar-refractivity contribution in [2.75, 3.05) is 0 Å². The zero-order valence-corrected chi connectivity index (χ0v) is 15.9. The Morgan fingerprint density at radius 2 is 1.70 bits per heavy atom. The largest absolute Gasteiger partial charge is 0.508 e. The number of rotatable bonds is 3. The third kappa shape index (κ3) is 5.82. The number of hydrogen-bond donors (Lipinski definition) is 1. The predicted octanol–water partition coefficient (Wildman–Crippen LogP) is 6.61. The zero-order chi connectivity index (χ0) is 17.6. The molecule has 0 aromatic heterocycles. The summed E-state index contributed by atoms with van der Waals surface area (Å²) in [6.45, 7) is 12.6. The summed E-state index contributed by atoms with van der Waals surface area (Å²) in [7, 11) is 0. The Labute approximate surface area is 142 Å². The summed E-state index contributed by atoms with van der Waals surface area (Å²) in [4.78, 5) is 0. The van der Waals surface area contributed by atoms with Crippen molar-refractivity contribution in [2.24, 2.45) is 11.8 Å². The summed E-state index contributed by atoms with van der Waals surface area (Å²) in [6.07, 6.45) is 6.38. The highest BCUT2D eigenvalue weighted by molar-refractivity contribution is 5.45. The van der Waals surface area contributed by atoms with Crippen LogP contribution in [0.2, 0.25) is 0 Å². The van der Waals surface area contributed by atoms with E-state index in [1.54, 1.807) is 0 Å². The average Bonchev–Trinajstić information content (AvgIpc) is 2.61. The topological polar surface area (TPSA) is 20.2 Å². The summed E-state index contributed by atoms with van der Waals surface area (Å²) in [5, 5.41) is 10.0. The first kappa shape index (κ1) is 20.0. The minimum absolute atomic E-state index is 0.0278. The molecule has 0 spiro atoms. The lowest BCUT2D eigenvalue weighted by atomic mass is 9.93. The van der Waals surface area contributed by atoms with Crippen LogP contribution < -0.4 is 0 Å². The van der Waals surface area contributed by atoms with Gasteiger partial charge in [-0.15, -0.1) is 0 Å². The number of phenolic OH excluding ortho intramolecular Hbond substituents is 1. The van der Waals surface area contributed by atoms with Crippen molar-refractivity contribution < 1.29 is 9.50 Å². The number of aromatic hydroxyl groups is 1. The van der Waals surface area contributed by atoms with E-state index < -0.39 is 0 Å². The fourth-order valence-electron chi connectivity index (χ4n) is 3.34. The van der Waals surface area contributed by atoms with Gasteiger partial charge in [0.15, 0.2) is 0 Å². The smallest absolute Gasteiger partial charge is 0.133 e. The van der Waals surface area contributed by atoms with E-state index in [0.29, 0.717) is 11.5 Å². The molecule has 0 bridgehead atoms. The monoisotopic (exact) mass is 322 g/mol. The third-order valence-corrected chi connectivity index (χ3v) is 4.37. The molecule has 132 valence electrons. The Hall–Kier alpha value is -1.05. The standard InChI is InChI=1S/C17H25FO.C4H10/c1-4-5-12-6-8-13-10-15(19)16(11(2)3)17(18)14(13)9-7-12;1-4(2)3/h10-12,19H,4-9H2,1-3H3;4H,1-3H3. The van der Waals surface area contributed by atoms with Crippen LogP contribution in [0.3, 0.4) is 0 Å². The van der Waals surface area contributed by atoms with Gasteiger partial charge in [-0.2, -0.15) is 0 Å². The van der Waals surface area contributed by atoms with Crippen molar-refractivity contribution in [1.29, 1.82) is 0 Å². The first-order chi connectivity index (χ1) is 10.8. The molecule has 1 aromatic rings. The van der Waals surface area contributed by atoms with Gasteiger partial charge in [0.05, 0.1) is 0 Å². The number of fused-ring (bicyclic) bond motifs is 1. The van der Waals surface area contributed by atoms with Gasteiger partial charge in [-0.3, -0.25) is 0 Å². The Bertz CT molecular complexity index is 488. The van der Waals surface area contributed by atoms with Gasteiger partial charge in [0.2, 0.25) is 0 Å². The molecule has 1 atom stereocenters. The summed E-state index contributed by atoms with van der Waals surface area (Å²) >= 11 is 0. The zero-order valence-electron chi connectivity index (χ0n) is 15.9. The van der Waals surface area contributed by atoms with Crippen LogP contribution in [-0.2, 0) is 12.8 Å². The Kier molecular flexibility index (Phi) is 8.08. The maximum absolute atomic E-state index is 14.6. The van der Waals surface area contributed by atoms with Crippen molar-refractivity contribution in [1.82, 2.24) is 0 Å². The highest BCUT2D eigenvalue weighted by Crippen LogP contribution is 2.36. The molecule has 0 saturated heterocycles. The maximum Gasteiger partial charge on any atom is 0.133 e. The number of aryl methyl sites for hydroxylation is 1. The molecule has 1 aliphatic rings. The van der Waals surface area contributed by atoms with Gasteiger partial charge in [-0.1, -0.05) is 54.4 Å². The molecule has 1 aromatic carbocycles. The highest BCUT2D eigenvalue weighted by Gasteiger charge is 2.23. The van der Waals surface area contributed by atoms with E-state index in [-0.39, 0.29) is 17.5 Å². The van der Waals surface area contributed by atoms with E-state index >= 15 is 0 Å². The van der Waals surface area contributed by atoms with Crippen LogP contribution in [0.25, 0.3) is 0 Å². The second kappa shape index (κ2) is 9.30. The van der Waals surface area contributed by atoms with Gasteiger partial charge in [-0.05, 0) is 60.6 Å². The van der Waals surface area contributed by atoms with Crippen LogP contribution in [-0.4, -0.2) is 5.11 Å². The van der Waals surface area contributed by atoms with Gasteiger partial charge in [0.25, 0.3) is 0 Å². The van der Waals surface area contributed by atoms with Crippen molar-refractivity contribution in [3.8, 4) is 5.75 Å². The van der Waals surface area contributed by atoms with Crippen LogP contribution in [0.1, 0.15) is 89.8 Å². The second-order valence-electron chi connectivity index (χ2n) is 7.88. The number of halogens is 1. The van der Waals surface area contributed by atoms with E-state index in [1.165, 1.54) is 12.8 Å². The summed E-state index contributed by atoms with van der Waals surface area (Å²) < 4.78 is 14.6. The molecule has 1 N–H and O–H groups in total. The van der Waals surface area contributed by atoms with E-state index in [2.05, 4.69) is 27.7 Å². The van der Waals surface area contributed by atoms with Crippen LogP contribution in [0.4, 0.5) is 4.39 Å². The first-order valence-corrected chi connectivity index (χ1v) is 9.30. The molecule has 2 heteroatoms. The van der Waals surface area contributed by atoms with Crippen LogP contribution in [0, 0.1) is 17.7 Å². The highest BCUT2D eigenvalue weighted by atomic mass is 19.1. The van der Waals surface area contributed by atoms with E-state index in [1.807, 2.05) is 19.9 Å². The lowest BCUT2D eigenvalue weighted by Crippen LogP contribution is -2.03. The molecule has 0 heterocycles. The fourth-order valence-corrected chi connectivity index (χ4v) is 3.34. The molecule has 1 unspecified atom stereocenters. The molecule has 1 nitrogen and oxygen atoms in total. The molecule has 0 amide bonds. The number of benzene rings is 1. The fraction of sp³-hybridized carbons (Fsp3) is 0.714. The molecular weight excluding hydrogens is 287 g/mol. The molecule has 1 aliphatic carbocycles. The molecular formula is C21H35FO. The van der Waals surface area contributed by atoms with Crippen molar-refractivity contribution in [3.05, 3.63) is 28.6 Å². The Morgan fingerprint density at radius 3 is 2.22 bits per heavy atom. The van der Waals surface area contributed by atoms with Crippen molar-refractivity contribution >= 4 is 0 Å². The van der Waals surface area contributed by atoms with Crippen LogP contribution >= 0.6 is 0 Å². The molecule has 23 heavy (non-hydrogen) atoms. The molecule has 2 rings (SSSR count). The lowest BCUT2D eigenvalue weighted by Gasteiger charge is -2.16. The quantitative estimate of drug-likeness (QED) is 0.621. The van der Waals surface area contributed by atoms with Crippen molar-refractivity contribution in [2.45, 2.75) is 86.0 Å². The number of hydrogen-bond acceptors (Lipinski definition) is 1. The molecule has 0 radical (unpaired) electrons. The normalized spacial score (nSPS) is 17.5. The molecule has 0 fully saturated rings. The second-order valence-corrected chi connectivity index (χ2v) is 7.88. The van der Waals surface area contributed by atoms with Crippen LogP contribution in [0.5, 0.6) is 5.75 Å². The predicted molar refractivity (Wildman–Crippen MR) is 97.7 cm³/mol. The van der Waals surface area contributed by atoms with Crippen molar-refractivity contribution in [3.63, 3.8) is 0 Å². The Balaban J connectivity index is 0.000000593. The number of phenols is 1. The first-order valence-electron chi connectivity index (χ1n) is 9.30. The minimum Gasteiger partial charge on any atom is -0.508 e. The SMILES string of the molecule is CC(C)C.CCCC1CCc2cc(O)c(C(C)C)c(F)c2CC1. The Morgan fingerprint density at radius 1 is 1.13 bits per heavy atom. The van der Waals surface area contributed by atoms with E-state index in [4.69, 9.17) is 0 Å². The summed E-state index contributed by atoms with van der Waals surface area (Å²) in [6, 6.07) is 1.81. The maximum atomic E-state index is 14.6. The molecule has 0 saturated carbocycles. The van der Waals surface area contributed by atoms with Gasteiger partial charge in [-0.25, -0.2) is 4.39 Å². The van der Waals surface area contributed by atoms with Gasteiger partial charge < -0.3 is 5.11 Å². The van der Waals surface area contributed by atoms with E-state index in [0.717, 1.165) is 42.7 Å². The minimum atomic E-state index is -0.151. The lowest BCUT2D eigenvalue weighted by molar-refractivity contribution is 0.425. The summed E-state index contributed by atoms with van der Waals surface area (Å²) in [5.41, 5.74) is 2.38. The molecule has 0 aliphatic heterocycles. The third-order valence-electron chi connectivity index (χ3n) is 4.37. The van der Waals surface area contributed by atoms with Gasteiger partial charge in [0.1, 0.15) is 11.6 Å². The van der Waals surface area contributed by atoms with Gasteiger partial charge in [0, 0.05) is 5.56 Å².